The summed E-state index contributed by atoms with van der Waals surface area (Å²) in [5.41, 5.74) is 11.0. The number of quaternary nitrogens is 1. The van der Waals surface area contributed by atoms with Gasteiger partial charge in [-0.3, -0.25) is 0 Å². The quantitative estimate of drug-likeness (QED) is 0.203. The number of hydrogen-bond donors (Lipinski definition) is 2. The summed E-state index contributed by atoms with van der Waals surface area (Å²) in [5, 5.41) is 13.8. The number of hydrogen-bond acceptors (Lipinski definition) is 2. The van der Waals surface area contributed by atoms with Gasteiger partial charge >= 0.3 is 11.7 Å². The molecule has 226 valence electrons. The monoisotopic (exact) mass is 616 g/mol. The Morgan fingerprint density at radius 2 is 0.958 bits per heavy atom. The molecule has 0 aromatic heterocycles. The van der Waals surface area contributed by atoms with E-state index >= 15 is 0 Å². The molecule has 1 heterocycles. The molecule has 4 nitrogen and oxygen atoms in total. The maximum atomic E-state index is 9.14. The fourth-order valence-electron chi connectivity index (χ4n) is 6.48. The Balaban J connectivity index is 1.10. The van der Waals surface area contributed by atoms with Gasteiger partial charge in [0.2, 0.25) is 0 Å². The Labute approximate surface area is 280 Å². The molecule has 48 heavy (non-hydrogen) atoms. The Morgan fingerprint density at radius 1 is 0.479 bits per heavy atom. The van der Waals surface area contributed by atoms with Gasteiger partial charge in [0.15, 0.2) is 0 Å². The summed E-state index contributed by atoms with van der Waals surface area (Å²) in [7, 11) is 0. The second-order valence-electron chi connectivity index (χ2n) is 12.0. The zero-order valence-electron chi connectivity index (χ0n) is 26.2. The SMILES string of the molecule is N#Cc1ccc(-c2ccc(-c3ccc(-c4ccc(C5[NH+]=C(c6ccccc6)N=C(c6ccccc6)[NH2+]5)cc4)c4ccccc34)cc2)cc1. The lowest BCUT2D eigenvalue weighted by Gasteiger charge is -2.15. The third-order valence-corrected chi connectivity index (χ3v) is 9.01. The van der Waals surface area contributed by atoms with Crippen LogP contribution in [0.25, 0.3) is 44.2 Å². The van der Waals surface area contributed by atoms with Gasteiger partial charge in [-0.2, -0.15) is 5.26 Å². The largest absolute Gasteiger partial charge is 0.343 e. The number of nitrogens with zero attached hydrogens (tertiary/aromatic N) is 2. The topological polar surface area (TPSA) is 66.7 Å². The lowest BCUT2D eigenvalue weighted by Crippen LogP contribution is -3.05. The lowest BCUT2D eigenvalue weighted by molar-refractivity contribution is -0.789. The van der Waals surface area contributed by atoms with Crippen molar-refractivity contribution in [2.75, 3.05) is 0 Å². The van der Waals surface area contributed by atoms with Crippen LogP contribution in [0, 0.1) is 11.3 Å². The molecule has 8 rings (SSSR count). The highest BCUT2D eigenvalue weighted by molar-refractivity contribution is 6.07. The van der Waals surface area contributed by atoms with E-state index in [1.165, 1.54) is 38.6 Å². The molecule has 7 aromatic carbocycles. The van der Waals surface area contributed by atoms with Gasteiger partial charge in [-0.05, 0) is 92.7 Å². The average molecular weight is 617 g/mol. The number of fused-ring (bicyclic) bond motifs is 1. The summed E-state index contributed by atoms with van der Waals surface area (Å²) in [5.74, 6) is 1.84. The number of nitrogens with two attached hydrogens (primary N) is 1. The van der Waals surface area contributed by atoms with Crippen molar-refractivity contribution in [1.82, 2.24) is 0 Å². The van der Waals surface area contributed by atoms with Crippen molar-refractivity contribution in [2.24, 2.45) is 4.99 Å². The number of nitrogens with one attached hydrogen (secondary N) is 1. The molecule has 0 saturated heterocycles. The van der Waals surface area contributed by atoms with Crippen LogP contribution in [0.1, 0.15) is 28.4 Å². The minimum absolute atomic E-state index is 0.0201. The number of benzene rings is 7. The van der Waals surface area contributed by atoms with Crippen molar-refractivity contribution in [3.8, 4) is 39.4 Å². The molecule has 0 saturated carbocycles. The van der Waals surface area contributed by atoms with Gasteiger partial charge in [0.05, 0.1) is 28.3 Å². The molecule has 0 fully saturated rings. The van der Waals surface area contributed by atoms with Crippen LogP contribution in [-0.2, 0) is 0 Å². The second kappa shape index (κ2) is 12.8. The van der Waals surface area contributed by atoms with E-state index in [1.807, 2.05) is 48.5 Å². The number of nitriles is 1. The van der Waals surface area contributed by atoms with E-state index in [0.717, 1.165) is 33.9 Å². The molecular weight excluding hydrogens is 585 g/mol. The molecule has 4 heteroatoms. The molecule has 7 aromatic rings. The Morgan fingerprint density at radius 3 is 1.52 bits per heavy atom. The fourth-order valence-corrected chi connectivity index (χ4v) is 6.48. The predicted molar refractivity (Wildman–Crippen MR) is 194 cm³/mol. The van der Waals surface area contributed by atoms with Crippen LogP contribution >= 0.6 is 0 Å². The van der Waals surface area contributed by atoms with E-state index in [-0.39, 0.29) is 6.17 Å². The molecule has 0 aliphatic carbocycles. The Bertz CT molecular complexity index is 2330. The zero-order valence-corrected chi connectivity index (χ0v) is 26.2. The number of aliphatic imine (C=N–C) groups is 1. The minimum atomic E-state index is -0.0201. The highest BCUT2D eigenvalue weighted by Gasteiger charge is 2.31. The summed E-state index contributed by atoms with van der Waals surface area (Å²) in [4.78, 5) is 8.69. The molecule has 0 bridgehead atoms. The molecule has 0 amide bonds. The van der Waals surface area contributed by atoms with E-state index in [2.05, 4.69) is 138 Å². The van der Waals surface area contributed by atoms with E-state index in [0.29, 0.717) is 5.56 Å². The summed E-state index contributed by atoms with van der Waals surface area (Å²) in [6.45, 7) is 0. The summed E-state index contributed by atoms with van der Waals surface area (Å²) in [6.07, 6.45) is -0.0201. The molecular formula is C44H32N4+2. The molecule has 1 unspecified atom stereocenters. The zero-order chi connectivity index (χ0) is 32.3. The van der Waals surface area contributed by atoms with Crippen LogP contribution in [-0.4, -0.2) is 11.7 Å². The maximum Gasteiger partial charge on any atom is 0.343 e. The minimum Gasteiger partial charge on any atom is -0.233 e. The summed E-state index contributed by atoms with van der Waals surface area (Å²) < 4.78 is 0. The Hall–Kier alpha value is -6.41. The maximum absolute atomic E-state index is 9.14. The fraction of sp³-hybridized carbons (Fsp3) is 0.0227. The molecule has 1 aliphatic heterocycles. The molecule has 0 spiro atoms. The van der Waals surface area contributed by atoms with Gasteiger partial charge < -0.3 is 0 Å². The third-order valence-electron chi connectivity index (χ3n) is 9.01. The van der Waals surface area contributed by atoms with Crippen LogP contribution in [0.15, 0.2) is 175 Å². The van der Waals surface area contributed by atoms with Gasteiger partial charge in [0.25, 0.3) is 6.17 Å². The van der Waals surface area contributed by atoms with Crippen molar-refractivity contribution >= 4 is 22.4 Å². The molecule has 3 N–H and O–H groups in total. The van der Waals surface area contributed by atoms with Crippen LogP contribution in [0.4, 0.5) is 0 Å². The van der Waals surface area contributed by atoms with Crippen molar-refractivity contribution in [3.05, 3.63) is 192 Å². The van der Waals surface area contributed by atoms with Crippen molar-refractivity contribution in [3.63, 3.8) is 0 Å². The highest BCUT2D eigenvalue weighted by Crippen LogP contribution is 2.36. The van der Waals surface area contributed by atoms with E-state index in [4.69, 9.17) is 10.3 Å². The lowest BCUT2D eigenvalue weighted by atomic mass is 9.91. The standard InChI is InChI=1S/C44H30N4/c45-29-30-15-17-31(18-16-30)32-19-21-33(22-20-32)38-27-28-39(41-14-8-7-13-40(38)41)34-23-25-37(26-24-34)44-47-42(35-9-3-1-4-10-35)46-43(48-44)36-11-5-2-6-12-36/h1-28,44H,(H,46,47,48)/p+2. The molecule has 1 atom stereocenters. The van der Waals surface area contributed by atoms with Crippen molar-refractivity contribution in [1.29, 1.82) is 5.26 Å². The van der Waals surface area contributed by atoms with Crippen LogP contribution in [0.3, 0.4) is 0 Å². The highest BCUT2D eigenvalue weighted by atomic mass is 15.2. The average Bonchev–Trinajstić information content (AvgIpc) is 3.18. The third kappa shape index (κ3) is 5.71. The molecule has 1 aliphatic rings. The first-order chi connectivity index (χ1) is 23.7. The van der Waals surface area contributed by atoms with Gasteiger partial charge in [-0.15, -0.1) is 0 Å². The smallest absolute Gasteiger partial charge is 0.233 e. The summed E-state index contributed by atoms with van der Waals surface area (Å²) >= 11 is 0. The first-order valence-corrected chi connectivity index (χ1v) is 16.1. The second-order valence-corrected chi connectivity index (χ2v) is 12.0. The van der Waals surface area contributed by atoms with Gasteiger partial charge in [-0.25, -0.2) is 10.3 Å². The molecule has 0 radical (unpaired) electrons. The first-order valence-electron chi connectivity index (χ1n) is 16.1. The van der Waals surface area contributed by atoms with Crippen LogP contribution in [0.2, 0.25) is 0 Å². The van der Waals surface area contributed by atoms with Crippen LogP contribution < -0.4 is 10.3 Å². The van der Waals surface area contributed by atoms with Gasteiger partial charge in [0, 0.05) is 4.99 Å². The number of amidine groups is 2. The van der Waals surface area contributed by atoms with Crippen molar-refractivity contribution in [2.45, 2.75) is 6.17 Å². The Kier molecular flexibility index (Phi) is 7.72. The summed E-state index contributed by atoms with van der Waals surface area (Å²) in [6, 6.07) is 61.4. The normalized spacial score (nSPS) is 14.2. The first kappa shape index (κ1) is 29.0. The van der Waals surface area contributed by atoms with Crippen LogP contribution in [0.5, 0.6) is 0 Å². The van der Waals surface area contributed by atoms with E-state index < -0.39 is 0 Å². The van der Waals surface area contributed by atoms with E-state index in [1.54, 1.807) is 0 Å². The number of rotatable bonds is 6. The van der Waals surface area contributed by atoms with Gasteiger partial charge in [0.1, 0.15) is 0 Å². The van der Waals surface area contributed by atoms with Gasteiger partial charge in [-0.1, -0.05) is 121 Å². The predicted octanol–water partition coefficient (Wildman–Crippen LogP) is 7.26. The van der Waals surface area contributed by atoms with Crippen molar-refractivity contribution < 1.29 is 10.3 Å². The van der Waals surface area contributed by atoms with E-state index in [9.17, 15) is 0 Å².